The second-order valence-corrected chi connectivity index (χ2v) is 6.36. The van der Waals surface area contributed by atoms with Crippen molar-refractivity contribution >= 4 is 16.1 Å². The molecular weight excluding hydrogens is 230 g/mol. The monoisotopic (exact) mass is 247 g/mol. The fourth-order valence-corrected chi connectivity index (χ4v) is 2.54. The van der Waals surface area contributed by atoms with Crippen LogP contribution in [0.15, 0.2) is 0 Å². The van der Waals surface area contributed by atoms with E-state index in [1.807, 2.05) is 0 Å². The average Bonchev–Trinajstić information content (AvgIpc) is 3.00. The van der Waals surface area contributed by atoms with Gasteiger partial charge >= 0.3 is 6.03 Å². The van der Waals surface area contributed by atoms with E-state index in [9.17, 15) is 13.2 Å². The summed E-state index contributed by atoms with van der Waals surface area (Å²) in [5.74, 6) is 0. The lowest BCUT2D eigenvalue weighted by atomic mass is 10.4. The standard InChI is InChI=1S/C9H17N3O3S/c1-16(14,15)12-6-4-11(5-7-12)9(13)10-8-2-3-8/h8H,2-7H2,1H3,(H,10,13). The Morgan fingerprint density at radius 2 is 1.75 bits per heavy atom. The molecule has 0 bridgehead atoms. The lowest BCUT2D eigenvalue weighted by Gasteiger charge is -2.33. The Bertz CT molecular complexity index is 369. The molecule has 6 nitrogen and oxygen atoms in total. The number of nitrogens with zero attached hydrogens (tertiary/aromatic N) is 2. The Hall–Kier alpha value is -0.820. The van der Waals surface area contributed by atoms with E-state index < -0.39 is 10.0 Å². The number of hydrogen-bond donors (Lipinski definition) is 1. The lowest BCUT2D eigenvalue weighted by Crippen LogP contribution is -2.53. The summed E-state index contributed by atoms with van der Waals surface area (Å²) in [7, 11) is -3.11. The summed E-state index contributed by atoms with van der Waals surface area (Å²) in [6.07, 6.45) is 3.33. The maximum atomic E-state index is 11.7. The van der Waals surface area contributed by atoms with Crippen LogP contribution < -0.4 is 5.32 Å². The molecule has 1 saturated carbocycles. The molecule has 2 fully saturated rings. The Kier molecular flexibility index (Phi) is 3.07. The minimum absolute atomic E-state index is 0.0596. The number of amides is 2. The van der Waals surface area contributed by atoms with E-state index in [-0.39, 0.29) is 6.03 Å². The van der Waals surface area contributed by atoms with E-state index in [2.05, 4.69) is 5.32 Å². The largest absolute Gasteiger partial charge is 0.335 e. The summed E-state index contributed by atoms with van der Waals surface area (Å²) in [6.45, 7) is 1.76. The molecule has 0 unspecified atom stereocenters. The van der Waals surface area contributed by atoms with Crippen LogP contribution in [0.25, 0.3) is 0 Å². The highest BCUT2D eigenvalue weighted by atomic mass is 32.2. The topological polar surface area (TPSA) is 69.7 Å². The number of carbonyl (C=O) groups excluding carboxylic acids is 1. The highest BCUT2D eigenvalue weighted by molar-refractivity contribution is 7.88. The van der Waals surface area contributed by atoms with Crippen molar-refractivity contribution in [3.05, 3.63) is 0 Å². The molecule has 0 atom stereocenters. The fourth-order valence-electron chi connectivity index (χ4n) is 1.72. The van der Waals surface area contributed by atoms with Gasteiger partial charge in [0.1, 0.15) is 0 Å². The zero-order valence-corrected chi connectivity index (χ0v) is 10.2. The smallest absolute Gasteiger partial charge is 0.317 e. The van der Waals surface area contributed by atoms with Gasteiger partial charge in [0, 0.05) is 32.2 Å². The molecule has 0 aromatic carbocycles. The van der Waals surface area contributed by atoms with Gasteiger partial charge in [-0.05, 0) is 12.8 Å². The second-order valence-electron chi connectivity index (χ2n) is 4.37. The van der Waals surface area contributed by atoms with E-state index in [1.165, 1.54) is 10.6 Å². The summed E-state index contributed by atoms with van der Waals surface area (Å²) >= 11 is 0. The molecule has 16 heavy (non-hydrogen) atoms. The van der Waals surface area contributed by atoms with E-state index in [1.54, 1.807) is 4.90 Å². The quantitative estimate of drug-likeness (QED) is 0.711. The zero-order valence-electron chi connectivity index (χ0n) is 9.35. The first kappa shape index (κ1) is 11.7. The van der Waals surface area contributed by atoms with Crippen molar-refractivity contribution < 1.29 is 13.2 Å². The molecule has 2 amide bonds. The third-order valence-electron chi connectivity index (χ3n) is 2.90. The number of piperazine rings is 1. The molecular formula is C9H17N3O3S. The van der Waals surface area contributed by atoms with Gasteiger partial charge < -0.3 is 10.2 Å². The predicted molar refractivity (Wildman–Crippen MR) is 59.5 cm³/mol. The van der Waals surface area contributed by atoms with Crippen LogP contribution in [-0.2, 0) is 10.0 Å². The number of hydrogen-bond acceptors (Lipinski definition) is 3. The Morgan fingerprint density at radius 3 is 2.19 bits per heavy atom. The average molecular weight is 247 g/mol. The van der Waals surface area contributed by atoms with Crippen LogP contribution in [0.4, 0.5) is 4.79 Å². The minimum atomic E-state index is -3.11. The van der Waals surface area contributed by atoms with E-state index in [0.717, 1.165) is 12.8 Å². The van der Waals surface area contributed by atoms with Gasteiger partial charge in [0.25, 0.3) is 0 Å². The van der Waals surface area contributed by atoms with Gasteiger partial charge in [-0.15, -0.1) is 0 Å². The van der Waals surface area contributed by atoms with Crippen molar-refractivity contribution in [1.29, 1.82) is 0 Å². The summed E-state index contributed by atoms with van der Waals surface area (Å²) in [5.41, 5.74) is 0. The molecule has 2 rings (SSSR count). The van der Waals surface area contributed by atoms with Crippen LogP contribution in [0.3, 0.4) is 0 Å². The third kappa shape index (κ3) is 2.85. The molecule has 1 N–H and O–H groups in total. The molecule has 1 aliphatic carbocycles. The van der Waals surface area contributed by atoms with Gasteiger partial charge in [0.2, 0.25) is 10.0 Å². The Balaban J connectivity index is 1.82. The number of sulfonamides is 1. The normalized spacial score (nSPS) is 23.2. The van der Waals surface area contributed by atoms with Gasteiger partial charge in [-0.1, -0.05) is 0 Å². The second kappa shape index (κ2) is 4.21. The number of nitrogens with one attached hydrogen (secondary N) is 1. The maximum Gasteiger partial charge on any atom is 0.317 e. The molecule has 0 aromatic rings. The minimum Gasteiger partial charge on any atom is -0.335 e. The summed E-state index contributed by atoms with van der Waals surface area (Å²) in [6, 6.07) is 0.288. The van der Waals surface area contributed by atoms with Gasteiger partial charge in [0.15, 0.2) is 0 Å². The molecule has 0 spiro atoms. The van der Waals surface area contributed by atoms with E-state index >= 15 is 0 Å². The first-order valence-corrected chi connectivity index (χ1v) is 7.32. The van der Waals surface area contributed by atoms with Crippen molar-refractivity contribution in [1.82, 2.24) is 14.5 Å². The SMILES string of the molecule is CS(=O)(=O)N1CCN(C(=O)NC2CC2)CC1. The van der Waals surface area contributed by atoms with Gasteiger partial charge in [-0.25, -0.2) is 13.2 Å². The molecule has 1 heterocycles. The number of carbonyl (C=O) groups is 1. The van der Waals surface area contributed by atoms with Crippen molar-refractivity contribution in [2.45, 2.75) is 18.9 Å². The van der Waals surface area contributed by atoms with Crippen LogP contribution >= 0.6 is 0 Å². The maximum absolute atomic E-state index is 11.7. The first-order chi connectivity index (χ1) is 7.47. The number of urea groups is 1. The Labute approximate surface area is 95.6 Å². The van der Waals surface area contributed by atoms with E-state index in [4.69, 9.17) is 0 Å². The van der Waals surface area contributed by atoms with Crippen LogP contribution in [-0.4, -0.2) is 62.1 Å². The summed E-state index contributed by atoms with van der Waals surface area (Å²) in [5, 5.41) is 2.90. The molecule has 7 heteroatoms. The highest BCUT2D eigenvalue weighted by Gasteiger charge is 2.29. The summed E-state index contributed by atoms with van der Waals surface area (Å²) in [4.78, 5) is 13.3. The van der Waals surface area contributed by atoms with Crippen molar-refractivity contribution in [2.24, 2.45) is 0 Å². The van der Waals surface area contributed by atoms with Gasteiger partial charge in [-0.3, -0.25) is 0 Å². The Morgan fingerprint density at radius 1 is 1.19 bits per heavy atom. The van der Waals surface area contributed by atoms with E-state index in [0.29, 0.717) is 32.2 Å². The van der Waals surface area contributed by atoms with Crippen LogP contribution in [0.2, 0.25) is 0 Å². The van der Waals surface area contributed by atoms with Gasteiger partial charge in [0.05, 0.1) is 6.26 Å². The van der Waals surface area contributed by atoms with Crippen molar-refractivity contribution in [2.75, 3.05) is 32.4 Å². The molecule has 0 radical (unpaired) electrons. The van der Waals surface area contributed by atoms with Crippen molar-refractivity contribution in [3.8, 4) is 0 Å². The molecule has 2 aliphatic rings. The summed E-state index contributed by atoms with van der Waals surface area (Å²) < 4.78 is 23.9. The van der Waals surface area contributed by atoms with Crippen LogP contribution in [0.1, 0.15) is 12.8 Å². The van der Waals surface area contributed by atoms with Crippen molar-refractivity contribution in [3.63, 3.8) is 0 Å². The van der Waals surface area contributed by atoms with Gasteiger partial charge in [-0.2, -0.15) is 4.31 Å². The first-order valence-electron chi connectivity index (χ1n) is 5.47. The lowest BCUT2D eigenvalue weighted by molar-refractivity contribution is 0.172. The zero-order chi connectivity index (χ0) is 11.8. The third-order valence-corrected chi connectivity index (χ3v) is 4.20. The van der Waals surface area contributed by atoms with Crippen LogP contribution in [0.5, 0.6) is 0 Å². The van der Waals surface area contributed by atoms with Crippen LogP contribution in [0, 0.1) is 0 Å². The molecule has 1 aliphatic heterocycles. The fraction of sp³-hybridized carbons (Fsp3) is 0.889. The highest BCUT2D eigenvalue weighted by Crippen LogP contribution is 2.19. The molecule has 0 aromatic heterocycles. The molecule has 1 saturated heterocycles. The predicted octanol–water partition coefficient (Wildman–Crippen LogP) is -0.564. The molecule has 92 valence electrons. The number of rotatable bonds is 2.